The summed E-state index contributed by atoms with van der Waals surface area (Å²) in [5.41, 5.74) is 0.549. The van der Waals surface area contributed by atoms with Gasteiger partial charge in [0, 0.05) is 23.2 Å². The maximum Gasteiger partial charge on any atom is 0.228 e. The van der Waals surface area contributed by atoms with Crippen LogP contribution in [0.1, 0.15) is 25.3 Å². The van der Waals surface area contributed by atoms with Gasteiger partial charge in [-0.05, 0) is 57.0 Å². The number of carbonyl (C=O) groups is 1. The molecule has 0 aliphatic carbocycles. The molecule has 0 radical (unpaired) electrons. The summed E-state index contributed by atoms with van der Waals surface area (Å²) in [7, 11) is 1.65. The molecule has 136 valence electrons. The Bertz CT molecular complexity index is 543. The predicted octanol–water partition coefficient (Wildman–Crippen LogP) is 3.48. The summed E-state index contributed by atoms with van der Waals surface area (Å²) in [5, 5.41) is 7.67. The van der Waals surface area contributed by atoms with Crippen molar-refractivity contribution in [3.8, 4) is 0 Å². The number of carbonyl (C=O) groups excluding carboxylic acids is 1. The Morgan fingerprint density at radius 3 is 2.62 bits per heavy atom. The van der Waals surface area contributed by atoms with E-state index in [2.05, 4.69) is 10.6 Å². The average molecular weight is 396 g/mol. The van der Waals surface area contributed by atoms with Gasteiger partial charge in [0.15, 0.2) is 0 Å². The van der Waals surface area contributed by atoms with Gasteiger partial charge >= 0.3 is 0 Å². The predicted molar refractivity (Wildman–Crippen MR) is 101 cm³/mol. The summed E-state index contributed by atoms with van der Waals surface area (Å²) in [6.07, 6.45) is 2.26. The number of hydrogen-bond acceptors (Lipinski definition) is 3. The van der Waals surface area contributed by atoms with Crippen molar-refractivity contribution in [1.29, 1.82) is 0 Å². The van der Waals surface area contributed by atoms with Crippen LogP contribution in [0.15, 0.2) is 18.2 Å². The Kier molecular flexibility index (Phi) is 8.82. The fraction of sp³-hybridized carbons (Fsp3) is 0.588. The van der Waals surface area contributed by atoms with Crippen molar-refractivity contribution >= 4 is 41.5 Å². The number of rotatable bonds is 6. The number of hydrogen-bond donors (Lipinski definition) is 2. The number of benzene rings is 1. The lowest BCUT2D eigenvalue weighted by Crippen LogP contribution is -2.52. The quantitative estimate of drug-likeness (QED) is 0.775. The minimum Gasteiger partial charge on any atom is -0.384 e. The highest BCUT2D eigenvalue weighted by Crippen LogP contribution is 2.30. The van der Waals surface area contributed by atoms with Crippen molar-refractivity contribution in [2.45, 2.75) is 32.2 Å². The Hall–Kier alpha value is -0.520. The highest BCUT2D eigenvalue weighted by Gasteiger charge is 2.40. The number of halogens is 3. The molecular weight excluding hydrogens is 371 g/mol. The van der Waals surface area contributed by atoms with Crippen LogP contribution in [0.2, 0.25) is 10.0 Å². The fourth-order valence-electron chi connectivity index (χ4n) is 3.06. The maximum absolute atomic E-state index is 12.8. The van der Waals surface area contributed by atoms with Crippen molar-refractivity contribution in [1.82, 2.24) is 10.6 Å². The van der Waals surface area contributed by atoms with Crippen molar-refractivity contribution in [2.75, 3.05) is 26.8 Å². The highest BCUT2D eigenvalue weighted by atomic mass is 35.5. The third-order valence-corrected chi connectivity index (χ3v) is 4.97. The van der Waals surface area contributed by atoms with Crippen LogP contribution < -0.4 is 10.6 Å². The molecule has 2 N–H and O–H groups in total. The van der Waals surface area contributed by atoms with Crippen LogP contribution in [0.5, 0.6) is 0 Å². The second-order valence-electron chi connectivity index (χ2n) is 6.28. The lowest BCUT2D eigenvalue weighted by molar-refractivity contribution is -0.136. The second kappa shape index (κ2) is 9.83. The van der Waals surface area contributed by atoms with Gasteiger partial charge in [-0.25, -0.2) is 0 Å². The Morgan fingerprint density at radius 2 is 2.04 bits per heavy atom. The van der Waals surface area contributed by atoms with Crippen LogP contribution in [-0.4, -0.2) is 38.8 Å². The van der Waals surface area contributed by atoms with E-state index >= 15 is 0 Å². The average Bonchev–Trinajstić information content (AvgIpc) is 2.51. The molecule has 1 aliphatic rings. The lowest BCUT2D eigenvalue weighted by Gasteiger charge is -2.36. The van der Waals surface area contributed by atoms with Crippen LogP contribution in [0.25, 0.3) is 0 Å². The number of nitrogens with one attached hydrogen (secondary N) is 2. The first kappa shape index (κ1) is 21.5. The first-order valence-electron chi connectivity index (χ1n) is 7.91. The molecule has 0 saturated carbocycles. The third-order valence-electron chi connectivity index (χ3n) is 4.38. The van der Waals surface area contributed by atoms with Crippen LogP contribution in [0, 0.1) is 5.41 Å². The SMILES string of the molecule is COCC1(C(=O)NC(C)Cc2ccc(Cl)cc2Cl)CCNCC1.Cl. The molecule has 1 aromatic rings. The zero-order valence-corrected chi connectivity index (χ0v) is 16.4. The molecule has 1 fully saturated rings. The molecule has 1 saturated heterocycles. The molecule has 1 aromatic carbocycles. The van der Waals surface area contributed by atoms with Crippen LogP contribution >= 0.6 is 35.6 Å². The van der Waals surface area contributed by atoms with Crippen molar-refractivity contribution < 1.29 is 9.53 Å². The van der Waals surface area contributed by atoms with Gasteiger partial charge in [0.2, 0.25) is 5.91 Å². The molecule has 0 aromatic heterocycles. The molecule has 7 heteroatoms. The summed E-state index contributed by atoms with van der Waals surface area (Å²) in [4.78, 5) is 12.8. The van der Waals surface area contributed by atoms with Gasteiger partial charge in [-0.15, -0.1) is 12.4 Å². The van der Waals surface area contributed by atoms with Gasteiger partial charge in [0.25, 0.3) is 0 Å². The number of piperidine rings is 1. The first-order chi connectivity index (χ1) is 11.0. The number of ether oxygens (including phenoxy) is 1. The summed E-state index contributed by atoms with van der Waals surface area (Å²) in [6, 6.07) is 5.44. The first-order valence-corrected chi connectivity index (χ1v) is 8.67. The minimum absolute atomic E-state index is 0. The Balaban J connectivity index is 0.00000288. The monoisotopic (exact) mass is 394 g/mol. The Morgan fingerprint density at radius 1 is 1.38 bits per heavy atom. The van der Waals surface area contributed by atoms with Gasteiger partial charge < -0.3 is 15.4 Å². The molecule has 1 aliphatic heterocycles. The summed E-state index contributed by atoms with van der Waals surface area (Å²) in [5.74, 6) is 0.0680. The van der Waals surface area contributed by atoms with Gasteiger partial charge in [-0.1, -0.05) is 29.3 Å². The van der Waals surface area contributed by atoms with E-state index in [0.717, 1.165) is 31.5 Å². The normalized spacial score (nSPS) is 17.7. The molecule has 1 amide bonds. The molecule has 1 unspecified atom stereocenters. The molecular formula is C17H25Cl3N2O2. The molecule has 24 heavy (non-hydrogen) atoms. The molecule has 1 heterocycles. The van der Waals surface area contributed by atoms with Crippen LogP contribution in [0.3, 0.4) is 0 Å². The summed E-state index contributed by atoms with van der Waals surface area (Å²) in [6.45, 7) is 4.13. The largest absolute Gasteiger partial charge is 0.384 e. The highest BCUT2D eigenvalue weighted by molar-refractivity contribution is 6.35. The number of amides is 1. The van der Waals surface area contributed by atoms with Crippen molar-refractivity contribution in [3.63, 3.8) is 0 Å². The summed E-state index contributed by atoms with van der Waals surface area (Å²) < 4.78 is 5.31. The summed E-state index contributed by atoms with van der Waals surface area (Å²) >= 11 is 12.1. The van der Waals surface area contributed by atoms with Crippen molar-refractivity contribution in [2.24, 2.45) is 5.41 Å². The van der Waals surface area contributed by atoms with Gasteiger partial charge in [0.1, 0.15) is 0 Å². The van der Waals surface area contributed by atoms with E-state index in [4.69, 9.17) is 27.9 Å². The van der Waals surface area contributed by atoms with Gasteiger partial charge in [-0.3, -0.25) is 4.79 Å². The zero-order valence-electron chi connectivity index (χ0n) is 14.0. The van der Waals surface area contributed by atoms with E-state index in [-0.39, 0.29) is 24.4 Å². The molecule has 1 atom stereocenters. The molecule has 2 rings (SSSR count). The standard InChI is InChI=1S/C17H24Cl2N2O2.ClH/c1-12(9-13-3-4-14(18)10-15(13)19)21-16(22)17(11-23-2)5-7-20-8-6-17;/h3-4,10,12,20H,5-9,11H2,1-2H3,(H,21,22);1H. The molecule has 0 bridgehead atoms. The van der Waals surface area contributed by atoms with Crippen LogP contribution in [-0.2, 0) is 16.0 Å². The zero-order chi connectivity index (χ0) is 16.9. The number of methoxy groups -OCH3 is 1. The Labute approximate surface area is 160 Å². The molecule has 4 nitrogen and oxygen atoms in total. The van der Waals surface area contributed by atoms with E-state index in [1.807, 2.05) is 19.1 Å². The maximum atomic E-state index is 12.8. The van der Waals surface area contributed by atoms with Crippen molar-refractivity contribution in [3.05, 3.63) is 33.8 Å². The van der Waals surface area contributed by atoms with Crippen LogP contribution in [0.4, 0.5) is 0 Å². The fourth-order valence-corrected chi connectivity index (χ4v) is 3.55. The van der Waals surface area contributed by atoms with E-state index in [0.29, 0.717) is 23.1 Å². The third kappa shape index (κ3) is 5.50. The van der Waals surface area contributed by atoms with Gasteiger partial charge in [-0.2, -0.15) is 0 Å². The smallest absolute Gasteiger partial charge is 0.228 e. The van der Waals surface area contributed by atoms with Gasteiger partial charge in [0.05, 0.1) is 12.0 Å². The van der Waals surface area contributed by atoms with E-state index in [1.165, 1.54) is 0 Å². The van der Waals surface area contributed by atoms with E-state index in [9.17, 15) is 4.79 Å². The lowest BCUT2D eigenvalue weighted by atomic mass is 9.78. The minimum atomic E-state index is -0.432. The molecule has 0 spiro atoms. The topological polar surface area (TPSA) is 50.4 Å². The van der Waals surface area contributed by atoms with E-state index in [1.54, 1.807) is 13.2 Å². The van der Waals surface area contributed by atoms with E-state index < -0.39 is 5.41 Å². The second-order valence-corrected chi connectivity index (χ2v) is 7.12.